The van der Waals surface area contributed by atoms with E-state index < -0.39 is 18.0 Å². The van der Waals surface area contributed by atoms with Gasteiger partial charge in [0.25, 0.3) is 5.91 Å². The van der Waals surface area contributed by atoms with Crippen molar-refractivity contribution in [2.75, 3.05) is 6.54 Å². The fourth-order valence-electron chi connectivity index (χ4n) is 1.76. The molecule has 2 aromatic rings. The Bertz CT molecular complexity index is 639. The van der Waals surface area contributed by atoms with Gasteiger partial charge in [-0.3, -0.25) is 4.79 Å². The molecule has 0 aliphatic rings. The maximum Gasteiger partial charge on any atom is 0.337 e. The smallest absolute Gasteiger partial charge is 0.337 e. The molecule has 0 fully saturated rings. The van der Waals surface area contributed by atoms with Crippen LogP contribution in [-0.4, -0.2) is 39.2 Å². The number of hydrogen-bond acceptors (Lipinski definition) is 5. The molecule has 1 unspecified atom stereocenters. The number of aliphatic hydroxyl groups excluding tert-OH is 1. The standard InChI is InChI=1S/C15H17N3O4/c1-18-8-7-16-13(18)14(20)17-9-12(19)15(21)22-10-11-5-3-2-4-6-11/h2-8,12,19H,9-10H2,1H3,(H,17,20). The second-order valence-electron chi connectivity index (χ2n) is 4.68. The van der Waals surface area contributed by atoms with Crippen molar-refractivity contribution in [3.63, 3.8) is 0 Å². The van der Waals surface area contributed by atoms with Crippen LogP contribution < -0.4 is 5.32 Å². The summed E-state index contributed by atoms with van der Waals surface area (Å²) >= 11 is 0. The van der Waals surface area contributed by atoms with E-state index in [1.54, 1.807) is 13.2 Å². The highest BCUT2D eigenvalue weighted by Gasteiger charge is 2.19. The largest absolute Gasteiger partial charge is 0.459 e. The van der Waals surface area contributed by atoms with Crippen molar-refractivity contribution in [3.05, 3.63) is 54.1 Å². The number of nitrogens with zero attached hydrogens (tertiary/aromatic N) is 2. The van der Waals surface area contributed by atoms with E-state index in [1.165, 1.54) is 10.8 Å². The Morgan fingerprint density at radius 2 is 2.09 bits per heavy atom. The Balaban J connectivity index is 1.77. The number of aromatic nitrogens is 2. The molecule has 1 aromatic carbocycles. The molecule has 1 aromatic heterocycles. The number of carbonyl (C=O) groups excluding carboxylic acids is 2. The number of nitrogens with one attached hydrogen (secondary N) is 1. The number of imidazole rings is 1. The van der Waals surface area contributed by atoms with Gasteiger partial charge in [-0.15, -0.1) is 0 Å². The van der Waals surface area contributed by atoms with Crippen LogP contribution in [0.2, 0.25) is 0 Å². The van der Waals surface area contributed by atoms with Crippen molar-refractivity contribution in [2.24, 2.45) is 7.05 Å². The highest BCUT2D eigenvalue weighted by Crippen LogP contribution is 2.02. The van der Waals surface area contributed by atoms with E-state index >= 15 is 0 Å². The summed E-state index contributed by atoms with van der Waals surface area (Å²) in [6.07, 6.45) is 1.69. The molecule has 0 aliphatic heterocycles. The van der Waals surface area contributed by atoms with Crippen molar-refractivity contribution in [3.8, 4) is 0 Å². The molecule has 2 N–H and O–H groups in total. The van der Waals surface area contributed by atoms with Crippen LogP contribution in [0.4, 0.5) is 0 Å². The zero-order valence-electron chi connectivity index (χ0n) is 12.1. The van der Waals surface area contributed by atoms with Crippen LogP contribution in [0.5, 0.6) is 0 Å². The van der Waals surface area contributed by atoms with E-state index in [0.29, 0.717) is 0 Å². The van der Waals surface area contributed by atoms with Gasteiger partial charge in [0.2, 0.25) is 0 Å². The fourth-order valence-corrected chi connectivity index (χ4v) is 1.76. The molecule has 7 nitrogen and oxygen atoms in total. The summed E-state index contributed by atoms with van der Waals surface area (Å²) in [5, 5.41) is 12.1. The van der Waals surface area contributed by atoms with E-state index in [9.17, 15) is 14.7 Å². The second-order valence-corrected chi connectivity index (χ2v) is 4.68. The minimum absolute atomic E-state index is 0.0735. The molecule has 2 rings (SSSR count). The average molecular weight is 303 g/mol. The fraction of sp³-hybridized carbons (Fsp3) is 0.267. The number of carbonyl (C=O) groups is 2. The molecular weight excluding hydrogens is 286 g/mol. The van der Waals surface area contributed by atoms with Gasteiger partial charge in [-0.2, -0.15) is 0 Å². The number of esters is 1. The second kappa shape index (κ2) is 7.37. The van der Waals surface area contributed by atoms with Crippen molar-refractivity contribution in [2.45, 2.75) is 12.7 Å². The van der Waals surface area contributed by atoms with Gasteiger partial charge in [0, 0.05) is 19.4 Å². The third kappa shape index (κ3) is 4.16. The van der Waals surface area contributed by atoms with Gasteiger partial charge in [0.1, 0.15) is 6.61 Å². The number of rotatable bonds is 6. The summed E-state index contributed by atoms with van der Waals surface area (Å²) in [7, 11) is 1.67. The lowest BCUT2D eigenvalue weighted by Crippen LogP contribution is -2.38. The van der Waals surface area contributed by atoms with Crippen LogP contribution in [0.15, 0.2) is 42.7 Å². The maximum absolute atomic E-state index is 11.8. The van der Waals surface area contributed by atoms with Crippen molar-refractivity contribution in [1.29, 1.82) is 0 Å². The lowest BCUT2D eigenvalue weighted by atomic mass is 10.2. The van der Waals surface area contributed by atoms with Gasteiger partial charge >= 0.3 is 5.97 Å². The summed E-state index contributed by atoms with van der Waals surface area (Å²) in [4.78, 5) is 27.3. The summed E-state index contributed by atoms with van der Waals surface area (Å²) in [5.74, 6) is -1.06. The van der Waals surface area contributed by atoms with Gasteiger partial charge in [-0.1, -0.05) is 30.3 Å². The number of aryl methyl sites for hydroxylation is 1. The molecule has 22 heavy (non-hydrogen) atoms. The highest BCUT2D eigenvalue weighted by molar-refractivity contribution is 5.91. The molecule has 0 spiro atoms. The van der Waals surface area contributed by atoms with E-state index in [-0.39, 0.29) is 19.0 Å². The van der Waals surface area contributed by atoms with Gasteiger partial charge in [-0.05, 0) is 5.56 Å². The normalized spacial score (nSPS) is 11.7. The third-order valence-electron chi connectivity index (χ3n) is 2.98. The van der Waals surface area contributed by atoms with Gasteiger partial charge < -0.3 is 19.7 Å². The zero-order chi connectivity index (χ0) is 15.9. The van der Waals surface area contributed by atoms with Crippen LogP contribution in [0.3, 0.4) is 0 Å². The molecule has 0 saturated heterocycles. The summed E-state index contributed by atoms with van der Waals surface area (Å²) in [6, 6.07) is 9.12. The highest BCUT2D eigenvalue weighted by atomic mass is 16.5. The molecule has 0 bridgehead atoms. The molecule has 0 radical (unpaired) electrons. The van der Waals surface area contributed by atoms with E-state index in [0.717, 1.165) is 5.56 Å². The lowest BCUT2D eigenvalue weighted by molar-refractivity contribution is -0.154. The molecule has 1 heterocycles. The Labute approximate surface area is 127 Å². The summed E-state index contributed by atoms with van der Waals surface area (Å²) in [5.41, 5.74) is 0.820. The van der Waals surface area contributed by atoms with Crippen molar-refractivity contribution in [1.82, 2.24) is 14.9 Å². The van der Waals surface area contributed by atoms with Crippen molar-refractivity contribution < 1.29 is 19.4 Å². The predicted octanol–water partition coefficient (Wildman–Crippen LogP) is 0.254. The minimum Gasteiger partial charge on any atom is -0.459 e. The monoisotopic (exact) mass is 303 g/mol. The van der Waals surface area contributed by atoms with Gasteiger partial charge in [-0.25, -0.2) is 9.78 Å². The number of benzene rings is 1. The van der Waals surface area contributed by atoms with E-state index in [1.807, 2.05) is 30.3 Å². The number of ether oxygens (including phenoxy) is 1. The molecule has 0 saturated carbocycles. The van der Waals surface area contributed by atoms with E-state index in [2.05, 4.69) is 10.3 Å². The first-order valence-electron chi connectivity index (χ1n) is 6.72. The SMILES string of the molecule is Cn1ccnc1C(=O)NCC(O)C(=O)OCc1ccccc1. The summed E-state index contributed by atoms with van der Waals surface area (Å²) < 4.78 is 6.51. The Hall–Kier alpha value is -2.67. The quantitative estimate of drug-likeness (QED) is 0.746. The first kappa shape index (κ1) is 15.7. The molecule has 1 atom stereocenters. The average Bonchev–Trinajstić information content (AvgIpc) is 2.97. The number of aliphatic hydroxyl groups is 1. The van der Waals surface area contributed by atoms with Gasteiger partial charge in [0.05, 0.1) is 6.54 Å². The van der Waals surface area contributed by atoms with Crippen LogP contribution in [0, 0.1) is 0 Å². The van der Waals surface area contributed by atoms with Crippen LogP contribution in [0.1, 0.15) is 16.2 Å². The molecule has 7 heteroatoms. The Kier molecular flexibility index (Phi) is 5.26. The first-order valence-corrected chi connectivity index (χ1v) is 6.72. The van der Waals surface area contributed by atoms with Crippen molar-refractivity contribution >= 4 is 11.9 Å². The van der Waals surface area contributed by atoms with Crippen LogP contribution >= 0.6 is 0 Å². The Morgan fingerprint density at radius 3 is 2.73 bits per heavy atom. The van der Waals surface area contributed by atoms with Crippen LogP contribution in [-0.2, 0) is 23.2 Å². The number of hydrogen-bond donors (Lipinski definition) is 2. The summed E-state index contributed by atoms with van der Waals surface area (Å²) in [6.45, 7) is -0.163. The zero-order valence-corrected chi connectivity index (χ0v) is 12.1. The molecular formula is C15H17N3O4. The number of amides is 1. The first-order chi connectivity index (χ1) is 10.6. The third-order valence-corrected chi connectivity index (χ3v) is 2.98. The molecule has 1 amide bonds. The molecule has 116 valence electrons. The predicted molar refractivity (Wildman–Crippen MR) is 77.8 cm³/mol. The minimum atomic E-state index is -1.42. The van der Waals surface area contributed by atoms with Gasteiger partial charge in [0.15, 0.2) is 11.9 Å². The Morgan fingerprint density at radius 1 is 1.36 bits per heavy atom. The van der Waals surface area contributed by atoms with Crippen LogP contribution in [0.25, 0.3) is 0 Å². The maximum atomic E-state index is 11.8. The topological polar surface area (TPSA) is 93.5 Å². The molecule has 0 aliphatic carbocycles. The lowest BCUT2D eigenvalue weighted by Gasteiger charge is -2.11. The van der Waals surface area contributed by atoms with E-state index in [4.69, 9.17) is 4.74 Å².